The normalized spacial score (nSPS) is 10.0. The lowest BCUT2D eigenvalue weighted by Crippen LogP contribution is -2.15. The number of carboxylic acid groups (broad SMARTS) is 1. The minimum Gasteiger partial charge on any atom is -0.508 e. The fourth-order valence-corrected chi connectivity index (χ4v) is 1.65. The molecule has 0 fully saturated rings. The number of aromatic nitrogens is 1. The van der Waals surface area contributed by atoms with Gasteiger partial charge >= 0.3 is 5.97 Å². The summed E-state index contributed by atoms with van der Waals surface area (Å²) in [5.41, 5.74) is 0.525. The van der Waals surface area contributed by atoms with Gasteiger partial charge in [0.1, 0.15) is 11.6 Å². The third-order valence-corrected chi connectivity index (χ3v) is 2.62. The summed E-state index contributed by atoms with van der Waals surface area (Å²) >= 11 is 0. The topological polar surface area (TPSA) is 99.5 Å². The molecule has 102 valence electrons. The molecule has 0 bridgehead atoms. The summed E-state index contributed by atoms with van der Waals surface area (Å²) in [6.07, 6.45) is 1.28. The molecular weight excluding hydrogens is 260 g/mol. The summed E-state index contributed by atoms with van der Waals surface area (Å²) in [6, 6.07) is 9.11. The van der Waals surface area contributed by atoms with Crippen molar-refractivity contribution in [1.29, 1.82) is 0 Å². The van der Waals surface area contributed by atoms with Crippen molar-refractivity contribution >= 4 is 17.7 Å². The number of phenolic OH excluding ortho intramolecular Hbond substituents is 1. The molecule has 0 aliphatic heterocycles. The Kier molecular flexibility index (Phi) is 3.95. The Morgan fingerprint density at radius 3 is 2.65 bits per heavy atom. The minimum absolute atomic E-state index is 0.0222. The van der Waals surface area contributed by atoms with E-state index in [0.29, 0.717) is 5.56 Å². The number of nitrogens with zero attached hydrogens (tertiary/aromatic N) is 1. The molecule has 1 aromatic carbocycles. The summed E-state index contributed by atoms with van der Waals surface area (Å²) in [6.45, 7) is 0. The van der Waals surface area contributed by atoms with Crippen LogP contribution in [0.15, 0.2) is 42.6 Å². The lowest BCUT2D eigenvalue weighted by atomic mass is 10.1. The van der Waals surface area contributed by atoms with Gasteiger partial charge in [-0.3, -0.25) is 4.79 Å². The Bertz CT molecular complexity index is 655. The largest absolute Gasteiger partial charge is 0.508 e. The van der Waals surface area contributed by atoms with Gasteiger partial charge in [0.25, 0.3) is 0 Å². The zero-order valence-corrected chi connectivity index (χ0v) is 10.4. The van der Waals surface area contributed by atoms with Crippen molar-refractivity contribution in [3.05, 3.63) is 53.7 Å². The molecular formula is C14H12N2O4. The van der Waals surface area contributed by atoms with Crippen molar-refractivity contribution in [1.82, 2.24) is 4.98 Å². The first kappa shape index (κ1) is 13.5. The first-order chi connectivity index (χ1) is 9.56. The van der Waals surface area contributed by atoms with Gasteiger partial charge in [-0.25, -0.2) is 9.78 Å². The van der Waals surface area contributed by atoms with Crippen LogP contribution in [0.25, 0.3) is 0 Å². The molecule has 1 aromatic heterocycles. The van der Waals surface area contributed by atoms with Crippen molar-refractivity contribution in [2.45, 2.75) is 6.42 Å². The van der Waals surface area contributed by atoms with Crippen LogP contribution in [0, 0.1) is 0 Å². The van der Waals surface area contributed by atoms with Crippen LogP contribution in [0.5, 0.6) is 5.75 Å². The van der Waals surface area contributed by atoms with E-state index in [-0.39, 0.29) is 29.5 Å². The maximum atomic E-state index is 11.8. The number of para-hydroxylation sites is 1. The van der Waals surface area contributed by atoms with Crippen LogP contribution in [0.2, 0.25) is 0 Å². The SMILES string of the molecule is O=C(Cc1ccccc1O)Nc1cc(C(=O)O)ccn1. The highest BCUT2D eigenvalue weighted by molar-refractivity contribution is 5.94. The summed E-state index contributed by atoms with van der Waals surface area (Å²) in [7, 11) is 0. The van der Waals surface area contributed by atoms with Crippen molar-refractivity contribution < 1.29 is 19.8 Å². The summed E-state index contributed by atoms with van der Waals surface area (Å²) in [4.78, 5) is 26.5. The van der Waals surface area contributed by atoms with Gasteiger partial charge in [-0.05, 0) is 18.2 Å². The third-order valence-electron chi connectivity index (χ3n) is 2.62. The number of aromatic hydroxyl groups is 1. The van der Waals surface area contributed by atoms with Crippen LogP contribution >= 0.6 is 0 Å². The maximum absolute atomic E-state index is 11.8. The maximum Gasteiger partial charge on any atom is 0.335 e. The molecule has 2 aromatic rings. The first-order valence-electron chi connectivity index (χ1n) is 5.82. The number of pyridine rings is 1. The number of rotatable bonds is 4. The zero-order valence-electron chi connectivity index (χ0n) is 10.4. The van der Waals surface area contributed by atoms with Gasteiger partial charge in [-0.2, -0.15) is 0 Å². The predicted molar refractivity (Wildman–Crippen MR) is 71.6 cm³/mol. The predicted octanol–water partition coefficient (Wildman–Crippen LogP) is 1.67. The van der Waals surface area contributed by atoms with Crippen molar-refractivity contribution in [3.8, 4) is 5.75 Å². The van der Waals surface area contributed by atoms with Gasteiger partial charge in [-0.1, -0.05) is 18.2 Å². The van der Waals surface area contributed by atoms with Crippen LogP contribution < -0.4 is 5.32 Å². The fraction of sp³-hybridized carbons (Fsp3) is 0.0714. The minimum atomic E-state index is -1.09. The third kappa shape index (κ3) is 3.32. The van der Waals surface area contributed by atoms with E-state index in [4.69, 9.17) is 5.11 Å². The summed E-state index contributed by atoms with van der Waals surface area (Å²) in [5, 5.41) is 20.9. The summed E-state index contributed by atoms with van der Waals surface area (Å²) in [5.74, 6) is -1.29. The Balaban J connectivity index is 2.07. The van der Waals surface area contributed by atoms with E-state index in [1.165, 1.54) is 24.4 Å². The number of carbonyl (C=O) groups is 2. The molecule has 20 heavy (non-hydrogen) atoms. The van der Waals surface area contributed by atoms with E-state index in [0.717, 1.165) is 0 Å². The molecule has 6 heteroatoms. The average Bonchev–Trinajstić information content (AvgIpc) is 2.41. The van der Waals surface area contributed by atoms with E-state index < -0.39 is 5.97 Å². The molecule has 1 amide bonds. The molecule has 0 aliphatic rings. The molecule has 0 radical (unpaired) electrons. The summed E-state index contributed by atoms with van der Waals surface area (Å²) < 4.78 is 0. The number of carboxylic acids is 1. The van der Waals surface area contributed by atoms with E-state index in [9.17, 15) is 14.7 Å². The second-order valence-corrected chi connectivity index (χ2v) is 4.09. The number of benzene rings is 1. The van der Waals surface area contributed by atoms with Crippen LogP contribution in [0.3, 0.4) is 0 Å². The lowest BCUT2D eigenvalue weighted by molar-refractivity contribution is -0.115. The Morgan fingerprint density at radius 2 is 1.95 bits per heavy atom. The van der Waals surface area contributed by atoms with Gasteiger partial charge in [0.15, 0.2) is 0 Å². The standard InChI is InChI=1S/C14H12N2O4/c17-11-4-2-1-3-9(11)8-13(18)16-12-7-10(14(19)20)5-6-15-12/h1-7,17H,8H2,(H,19,20)(H,15,16,18). The Hall–Kier alpha value is -2.89. The smallest absolute Gasteiger partial charge is 0.335 e. The fourth-order valence-electron chi connectivity index (χ4n) is 1.65. The zero-order chi connectivity index (χ0) is 14.5. The number of phenols is 1. The van der Waals surface area contributed by atoms with Gasteiger partial charge in [0, 0.05) is 11.8 Å². The van der Waals surface area contributed by atoms with E-state index in [1.54, 1.807) is 18.2 Å². The molecule has 1 heterocycles. The molecule has 3 N–H and O–H groups in total. The highest BCUT2D eigenvalue weighted by atomic mass is 16.4. The van der Waals surface area contributed by atoms with Crippen LogP contribution in [-0.2, 0) is 11.2 Å². The van der Waals surface area contributed by atoms with E-state index in [2.05, 4.69) is 10.3 Å². The highest BCUT2D eigenvalue weighted by Crippen LogP contribution is 2.16. The quantitative estimate of drug-likeness (QED) is 0.786. The van der Waals surface area contributed by atoms with Crippen molar-refractivity contribution in [2.24, 2.45) is 0 Å². The number of hydrogen-bond donors (Lipinski definition) is 3. The van der Waals surface area contributed by atoms with Gasteiger partial charge < -0.3 is 15.5 Å². The number of carbonyl (C=O) groups excluding carboxylic acids is 1. The first-order valence-corrected chi connectivity index (χ1v) is 5.82. The van der Waals surface area contributed by atoms with Gasteiger partial charge in [-0.15, -0.1) is 0 Å². The number of hydrogen-bond acceptors (Lipinski definition) is 4. The number of amides is 1. The average molecular weight is 272 g/mol. The highest BCUT2D eigenvalue weighted by Gasteiger charge is 2.09. The lowest BCUT2D eigenvalue weighted by Gasteiger charge is -2.06. The molecule has 0 saturated carbocycles. The molecule has 2 rings (SSSR count). The van der Waals surface area contributed by atoms with Crippen LogP contribution in [-0.4, -0.2) is 27.1 Å². The Morgan fingerprint density at radius 1 is 1.20 bits per heavy atom. The van der Waals surface area contributed by atoms with Gasteiger partial charge in [0.2, 0.25) is 5.91 Å². The second-order valence-electron chi connectivity index (χ2n) is 4.09. The van der Waals surface area contributed by atoms with Crippen molar-refractivity contribution in [3.63, 3.8) is 0 Å². The number of anilines is 1. The van der Waals surface area contributed by atoms with E-state index >= 15 is 0 Å². The molecule has 0 unspecified atom stereocenters. The Labute approximate surface area is 114 Å². The molecule has 0 spiro atoms. The van der Waals surface area contributed by atoms with E-state index in [1.807, 2.05) is 0 Å². The number of nitrogens with one attached hydrogen (secondary N) is 1. The molecule has 6 nitrogen and oxygen atoms in total. The van der Waals surface area contributed by atoms with Gasteiger partial charge in [0.05, 0.1) is 12.0 Å². The van der Waals surface area contributed by atoms with Crippen molar-refractivity contribution in [2.75, 3.05) is 5.32 Å². The molecule has 0 aliphatic carbocycles. The molecule has 0 atom stereocenters. The van der Waals surface area contributed by atoms with Crippen LogP contribution in [0.4, 0.5) is 5.82 Å². The van der Waals surface area contributed by atoms with Crippen LogP contribution in [0.1, 0.15) is 15.9 Å². The monoisotopic (exact) mass is 272 g/mol. The second kappa shape index (κ2) is 5.83. The molecule has 0 saturated heterocycles. The number of aromatic carboxylic acids is 1.